The molecule has 3 aromatic heterocycles. The van der Waals surface area contributed by atoms with Crippen molar-refractivity contribution >= 4 is 28.6 Å². The minimum absolute atomic E-state index is 0.729. The molecule has 3 aromatic rings. The van der Waals surface area contributed by atoms with Gasteiger partial charge in [-0.15, -0.1) is 11.3 Å². The van der Waals surface area contributed by atoms with Gasteiger partial charge in [-0.05, 0) is 43.0 Å². The maximum Gasteiger partial charge on any atom is 0.137 e. The predicted molar refractivity (Wildman–Crippen MR) is 87.1 cm³/mol. The van der Waals surface area contributed by atoms with Crippen molar-refractivity contribution in [2.75, 3.05) is 0 Å². The van der Waals surface area contributed by atoms with E-state index in [1.54, 1.807) is 10.4 Å². The van der Waals surface area contributed by atoms with Crippen LogP contribution < -0.4 is 5.32 Å². The monoisotopic (exact) mass is 317 g/mol. The van der Waals surface area contributed by atoms with Crippen LogP contribution in [0.2, 0.25) is 5.02 Å². The first-order valence-corrected chi connectivity index (χ1v) is 8.42. The molecule has 0 bridgehead atoms. The zero-order valence-corrected chi connectivity index (χ0v) is 13.2. The fraction of sp³-hybridized carbons (Fsp3) is 0.312. The van der Waals surface area contributed by atoms with Crippen LogP contribution in [0.15, 0.2) is 30.6 Å². The van der Waals surface area contributed by atoms with E-state index in [-0.39, 0.29) is 0 Å². The highest BCUT2D eigenvalue weighted by atomic mass is 35.5. The number of nitrogens with zero attached hydrogens (tertiary/aromatic N) is 2. The molecule has 5 heteroatoms. The van der Waals surface area contributed by atoms with E-state index in [0.717, 1.165) is 29.5 Å². The fourth-order valence-corrected chi connectivity index (χ4v) is 4.29. The second kappa shape index (κ2) is 5.44. The molecule has 1 N–H and O–H groups in total. The van der Waals surface area contributed by atoms with Crippen LogP contribution in [0.25, 0.3) is 5.65 Å². The first-order valence-electron chi connectivity index (χ1n) is 7.22. The van der Waals surface area contributed by atoms with Crippen LogP contribution >= 0.6 is 22.9 Å². The van der Waals surface area contributed by atoms with Crippen LogP contribution in [0, 0.1) is 0 Å². The average molecular weight is 318 g/mol. The van der Waals surface area contributed by atoms with E-state index in [2.05, 4.69) is 16.4 Å². The van der Waals surface area contributed by atoms with Gasteiger partial charge in [-0.3, -0.25) is 0 Å². The van der Waals surface area contributed by atoms with Gasteiger partial charge in [0.05, 0.1) is 10.7 Å². The normalized spacial score (nSPS) is 14.0. The smallest absolute Gasteiger partial charge is 0.137 e. The Morgan fingerprint density at radius 3 is 3.10 bits per heavy atom. The van der Waals surface area contributed by atoms with Gasteiger partial charge in [0.15, 0.2) is 0 Å². The topological polar surface area (TPSA) is 29.3 Å². The molecule has 0 saturated heterocycles. The molecule has 21 heavy (non-hydrogen) atoms. The summed E-state index contributed by atoms with van der Waals surface area (Å²) in [6, 6.07) is 6.17. The molecule has 3 heterocycles. The summed E-state index contributed by atoms with van der Waals surface area (Å²) in [5.74, 6) is 0. The Balaban J connectivity index is 1.41. The lowest BCUT2D eigenvalue weighted by molar-refractivity contribution is 0.689. The zero-order valence-electron chi connectivity index (χ0n) is 11.6. The molecular formula is C16H16ClN3S. The second-order valence-corrected chi connectivity index (χ2v) is 7.12. The highest BCUT2D eigenvalue weighted by Gasteiger charge is 2.14. The van der Waals surface area contributed by atoms with E-state index in [9.17, 15) is 0 Å². The molecule has 0 aliphatic heterocycles. The maximum absolute atomic E-state index is 5.99. The molecule has 0 radical (unpaired) electrons. The number of thiophene rings is 1. The number of pyridine rings is 1. The van der Waals surface area contributed by atoms with Crippen molar-refractivity contribution in [1.82, 2.24) is 14.7 Å². The maximum atomic E-state index is 5.99. The number of hydrogen-bond acceptors (Lipinski definition) is 3. The summed E-state index contributed by atoms with van der Waals surface area (Å²) in [5.41, 5.74) is 3.55. The minimum atomic E-state index is 0.729. The Kier molecular flexibility index (Phi) is 3.45. The Bertz CT molecular complexity index is 769. The molecule has 0 aromatic carbocycles. The van der Waals surface area contributed by atoms with Gasteiger partial charge in [0.25, 0.3) is 0 Å². The lowest BCUT2D eigenvalue weighted by Gasteiger charge is -1.99. The Morgan fingerprint density at radius 2 is 2.19 bits per heavy atom. The quantitative estimate of drug-likeness (QED) is 0.792. The van der Waals surface area contributed by atoms with Gasteiger partial charge in [-0.1, -0.05) is 11.6 Å². The first kappa shape index (κ1) is 13.3. The molecule has 1 aliphatic carbocycles. The Morgan fingerprint density at radius 1 is 1.24 bits per heavy atom. The van der Waals surface area contributed by atoms with Crippen molar-refractivity contribution in [2.24, 2.45) is 0 Å². The van der Waals surface area contributed by atoms with Crippen LogP contribution in [0.5, 0.6) is 0 Å². The number of aromatic nitrogens is 2. The largest absolute Gasteiger partial charge is 0.306 e. The number of rotatable bonds is 4. The Labute approximate surface area is 132 Å². The number of aryl methyl sites for hydroxylation is 2. The van der Waals surface area contributed by atoms with Gasteiger partial charge in [0.1, 0.15) is 5.65 Å². The highest BCUT2D eigenvalue weighted by molar-refractivity contribution is 7.12. The van der Waals surface area contributed by atoms with E-state index < -0.39 is 0 Å². The van der Waals surface area contributed by atoms with Gasteiger partial charge in [0, 0.05) is 35.2 Å². The van der Waals surface area contributed by atoms with Gasteiger partial charge in [-0.2, -0.15) is 0 Å². The summed E-state index contributed by atoms with van der Waals surface area (Å²) in [6.07, 6.45) is 7.78. The summed E-state index contributed by atoms with van der Waals surface area (Å²) in [6.45, 7) is 1.70. The summed E-state index contributed by atoms with van der Waals surface area (Å²) in [4.78, 5) is 7.61. The molecule has 0 saturated carbocycles. The summed E-state index contributed by atoms with van der Waals surface area (Å²) in [7, 11) is 0. The number of nitrogens with one attached hydrogen (secondary N) is 1. The van der Waals surface area contributed by atoms with Crippen LogP contribution in [0.4, 0.5) is 0 Å². The van der Waals surface area contributed by atoms with Crippen LogP contribution in [0.3, 0.4) is 0 Å². The van der Waals surface area contributed by atoms with E-state index in [1.165, 1.54) is 24.1 Å². The molecule has 0 spiro atoms. The predicted octanol–water partition coefficient (Wildman–Crippen LogP) is 3.83. The van der Waals surface area contributed by atoms with Crippen molar-refractivity contribution in [3.8, 4) is 0 Å². The molecule has 108 valence electrons. The van der Waals surface area contributed by atoms with Crippen LogP contribution in [-0.4, -0.2) is 9.38 Å². The highest BCUT2D eigenvalue weighted by Crippen LogP contribution is 2.30. The molecule has 4 rings (SSSR count). The van der Waals surface area contributed by atoms with Gasteiger partial charge in [0.2, 0.25) is 0 Å². The van der Waals surface area contributed by atoms with Gasteiger partial charge in [-0.25, -0.2) is 4.98 Å². The van der Waals surface area contributed by atoms with E-state index >= 15 is 0 Å². The third-order valence-electron chi connectivity index (χ3n) is 3.87. The lowest BCUT2D eigenvalue weighted by Crippen LogP contribution is -2.11. The summed E-state index contributed by atoms with van der Waals surface area (Å²) in [5, 5.41) is 4.21. The minimum Gasteiger partial charge on any atom is -0.306 e. The van der Waals surface area contributed by atoms with Crippen molar-refractivity contribution in [1.29, 1.82) is 0 Å². The summed E-state index contributed by atoms with van der Waals surface area (Å²) >= 11 is 7.94. The SMILES string of the molecule is Clc1ccc2nc(CNCc3cc4c(s3)CCC4)cn2c1. The molecule has 0 unspecified atom stereocenters. The van der Waals surface area contributed by atoms with Crippen molar-refractivity contribution in [3.05, 3.63) is 56.6 Å². The van der Waals surface area contributed by atoms with E-state index in [1.807, 2.05) is 40.3 Å². The van der Waals surface area contributed by atoms with Crippen molar-refractivity contribution in [2.45, 2.75) is 32.4 Å². The van der Waals surface area contributed by atoms with E-state index in [0.29, 0.717) is 0 Å². The molecule has 1 aliphatic rings. The van der Waals surface area contributed by atoms with Crippen molar-refractivity contribution < 1.29 is 0 Å². The average Bonchev–Trinajstić information content (AvgIpc) is 3.11. The number of halogens is 1. The fourth-order valence-electron chi connectivity index (χ4n) is 2.89. The Hall–Kier alpha value is -1.36. The second-order valence-electron chi connectivity index (χ2n) is 5.46. The summed E-state index contributed by atoms with van der Waals surface area (Å²) < 4.78 is 1.97. The molecule has 0 fully saturated rings. The zero-order chi connectivity index (χ0) is 14.2. The van der Waals surface area contributed by atoms with Crippen LogP contribution in [0.1, 0.15) is 27.4 Å². The molecule has 0 amide bonds. The third-order valence-corrected chi connectivity index (χ3v) is 5.33. The number of fused-ring (bicyclic) bond motifs is 2. The molecule has 0 atom stereocenters. The lowest BCUT2D eigenvalue weighted by atomic mass is 10.2. The van der Waals surface area contributed by atoms with Crippen LogP contribution in [-0.2, 0) is 25.9 Å². The number of imidazole rings is 1. The van der Waals surface area contributed by atoms with Gasteiger partial charge >= 0.3 is 0 Å². The molecule has 3 nitrogen and oxygen atoms in total. The molecular weight excluding hydrogens is 302 g/mol. The number of hydrogen-bond donors (Lipinski definition) is 1. The van der Waals surface area contributed by atoms with Crippen molar-refractivity contribution in [3.63, 3.8) is 0 Å². The van der Waals surface area contributed by atoms with E-state index in [4.69, 9.17) is 11.6 Å². The standard InChI is InChI=1S/C16H16ClN3S/c17-12-4-5-16-19-13(10-20(16)9-12)7-18-8-14-6-11-2-1-3-15(11)21-14/h4-6,9-10,18H,1-3,7-8H2. The third kappa shape index (κ3) is 2.71. The van der Waals surface area contributed by atoms with Gasteiger partial charge < -0.3 is 9.72 Å². The first-order chi connectivity index (χ1) is 10.3.